The largest absolute Gasteiger partial charge is 0.484 e. The zero-order valence-electron chi connectivity index (χ0n) is 13.0. The molecule has 0 saturated heterocycles. The molecule has 20 heavy (non-hydrogen) atoms. The lowest BCUT2D eigenvalue weighted by molar-refractivity contribution is 0.278. The van der Waals surface area contributed by atoms with Crippen LogP contribution in [0.1, 0.15) is 37.8 Å². The molecule has 2 rings (SSSR count). The molecule has 0 atom stereocenters. The number of fused-ring (bicyclic) bond motifs is 1. The van der Waals surface area contributed by atoms with Crippen LogP contribution in [-0.2, 0) is 17.6 Å². The van der Waals surface area contributed by atoms with Crippen LogP contribution in [0.3, 0.4) is 0 Å². The Bertz CT molecular complexity index is 462. The summed E-state index contributed by atoms with van der Waals surface area (Å²) in [6.45, 7) is 8.04. The number of aliphatic imine (C=N–C) groups is 1. The van der Waals surface area contributed by atoms with Gasteiger partial charge in [0.25, 0.3) is 0 Å². The van der Waals surface area contributed by atoms with E-state index in [1.807, 2.05) is 0 Å². The highest BCUT2D eigenvalue weighted by molar-refractivity contribution is 5.88. The summed E-state index contributed by atoms with van der Waals surface area (Å²) in [4.78, 5) is 7.07. The van der Waals surface area contributed by atoms with Gasteiger partial charge in [0.2, 0.25) is 0 Å². The molecule has 110 valence electrons. The highest BCUT2D eigenvalue weighted by Gasteiger charge is 2.18. The second-order valence-corrected chi connectivity index (χ2v) is 5.39. The van der Waals surface area contributed by atoms with Crippen molar-refractivity contribution in [1.29, 1.82) is 0 Å². The smallest absolute Gasteiger partial charge is 0.192 e. The fraction of sp³-hybridized carbons (Fsp3) is 0.588. The number of hydrogen-bond acceptors (Lipinski definition) is 3. The fourth-order valence-electron chi connectivity index (χ4n) is 2.85. The van der Waals surface area contributed by atoms with E-state index in [1.165, 1.54) is 37.1 Å². The summed E-state index contributed by atoms with van der Waals surface area (Å²) in [7, 11) is 1.70. The maximum atomic E-state index is 5.29. The summed E-state index contributed by atoms with van der Waals surface area (Å²) < 4.78 is 5.29. The third-order valence-corrected chi connectivity index (χ3v) is 3.83. The van der Waals surface area contributed by atoms with E-state index >= 15 is 0 Å². The molecule has 1 aromatic carbocycles. The van der Waals surface area contributed by atoms with Gasteiger partial charge in [0.1, 0.15) is 0 Å². The van der Waals surface area contributed by atoms with Crippen LogP contribution >= 0.6 is 0 Å². The van der Waals surface area contributed by atoms with Gasteiger partial charge in [-0.1, -0.05) is 26.0 Å². The molecule has 0 aromatic heterocycles. The second-order valence-electron chi connectivity index (χ2n) is 5.39. The zero-order valence-corrected chi connectivity index (χ0v) is 13.0. The van der Waals surface area contributed by atoms with Gasteiger partial charge in [0.15, 0.2) is 5.90 Å². The van der Waals surface area contributed by atoms with Crippen LogP contribution in [0.2, 0.25) is 0 Å². The quantitative estimate of drug-likeness (QED) is 0.759. The molecule has 0 radical (unpaired) electrons. The number of nitrogens with zero attached hydrogens (tertiary/aromatic N) is 2. The van der Waals surface area contributed by atoms with Gasteiger partial charge in [0.05, 0.1) is 19.2 Å². The van der Waals surface area contributed by atoms with Crippen LogP contribution in [0.25, 0.3) is 0 Å². The third kappa shape index (κ3) is 3.60. The van der Waals surface area contributed by atoms with Crippen LogP contribution in [0, 0.1) is 0 Å². The van der Waals surface area contributed by atoms with Gasteiger partial charge in [-0.3, -0.25) is 0 Å². The van der Waals surface area contributed by atoms with E-state index < -0.39 is 0 Å². The first-order chi connectivity index (χ1) is 9.78. The van der Waals surface area contributed by atoms with E-state index in [4.69, 9.17) is 4.74 Å². The molecule has 1 aliphatic rings. The fourth-order valence-corrected chi connectivity index (χ4v) is 2.85. The zero-order chi connectivity index (χ0) is 14.4. The third-order valence-electron chi connectivity index (χ3n) is 3.83. The normalized spacial score (nSPS) is 13.5. The van der Waals surface area contributed by atoms with Gasteiger partial charge in [-0.05, 0) is 49.5 Å². The van der Waals surface area contributed by atoms with E-state index in [0.29, 0.717) is 0 Å². The standard InChI is InChI=1S/C17H26N2O/c1-4-10-19(11-5-2)12-9-14-7-6-8-16-15(14)13-17(18-16)20-3/h6-8H,4-5,9-13H2,1-3H3. The molecule has 0 bridgehead atoms. The topological polar surface area (TPSA) is 24.8 Å². The molecular weight excluding hydrogens is 248 g/mol. The Kier molecular flexibility index (Phi) is 5.60. The monoisotopic (exact) mass is 274 g/mol. The van der Waals surface area contributed by atoms with Crippen molar-refractivity contribution in [2.24, 2.45) is 4.99 Å². The summed E-state index contributed by atoms with van der Waals surface area (Å²) in [6, 6.07) is 6.43. The van der Waals surface area contributed by atoms with Gasteiger partial charge in [-0.2, -0.15) is 0 Å². The van der Waals surface area contributed by atoms with Crippen molar-refractivity contribution in [2.45, 2.75) is 39.5 Å². The molecule has 0 amide bonds. The predicted octanol–water partition coefficient (Wildman–Crippen LogP) is 3.58. The van der Waals surface area contributed by atoms with Gasteiger partial charge >= 0.3 is 0 Å². The SMILES string of the molecule is CCCN(CCC)CCc1cccc2c1CC(OC)=N2. The minimum atomic E-state index is 0.839. The summed E-state index contributed by atoms with van der Waals surface area (Å²) in [6.07, 6.45) is 4.41. The van der Waals surface area contributed by atoms with Crippen molar-refractivity contribution < 1.29 is 4.74 Å². The van der Waals surface area contributed by atoms with Gasteiger partial charge < -0.3 is 9.64 Å². The highest BCUT2D eigenvalue weighted by atomic mass is 16.5. The first-order valence-corrected chi connectivity index (χ1v) is 7.73. The van der Waals surface area contributed by atoms with Crippen molar-refractivity contribution in [3.05, 3.63) is 29.3 Å². The lowest BCUT2D eigenvalue weighted by atomic mass is 10.0. The molecule has 0 spiro atoms. The summed E-state index contributed by atoms with van der Waals surface area (Å²) in [5, 5.41) is 0. The van der Waals surface area contributed by atoms with E-state index in [-0.39, 0.29) is 0 Å². The highest BCUT2D eigenvalue weighted by Crippen LogP contribution is 2.30. The van der Waals surface area contributed by atoms with E-state index in [1.54, 1.807) is 7.11 Å². The van der Waals surface area contributed by atoms with Crippen molar-refractivity contribution in [1.82, 2.24) is 4.90 Å². The average Bonchev–Trinajstić information content (AvgIpc) is 2.89. The Balaban J connectivity index is 2.00. The van der Waals surface area contributed by atoms with Crippen LogP contribution in [0.15, 0.2) is 23.2 Å². The Morgan fingerprint density at radius 1 is 1.15 bits per heavy atom. The van der Waals surface area contributed by atoms with Crippen molar-refractivity contribution >= 4 is 11.6 Å². The maximum absolute atomic E-state index is 5.29. The number of methoxy groups -OCH3 is 1. The van der Waals surface area contributed by atoms with Crippen LogP contribution in [0.5, 0.6) is 0 Å². The summed E-state index contributed by atoms with van der Waals surface area (Å²) in [5.41, 5.74) is 3.88. The average molecular weight is 274 g/mol. The van der Waals surface area contributed by atoms with Gasteiger partial charge in [0, 0.05) is 6.54 Å². The Morgan fingerprint density at radius 2 is 1.90 bits per heavy atom. The van der Waals surface area contributed by atoms with Gasteiger partial charge in [-0.15, -0.1) is 0 Å². The first kappa shape index (κ1) is 15.0. The van der Waals surface area contributed by atoms with Crippen LogP contribution in [0.4, 0.5) is 5.69 Å². The molecule has 1 heterocycles. The number of ether oxygens (including phenoxy) is 1. The molecule has 0 fully saturated rings. The number of benzene rings is 1. The maximum Gasteiger partial charge on any atom is 0.192 e. The molecule has 3 heteroatoms. The Morgan fingerprint density at radius 3 is 2.55 bits per heavy atom. The van der Waals surface area contributed by atoms with E-state index in [2.05, 4.69) is 41.9 Å². The molecule has 1 aliphatic heterocycles. The lowest BCUT2D eigenvalue weighted by Gasteiger charge is -2.21. The van der Waals surface area contributed by atoms with Crippen LogP contribution < -0.4 is 0 Å². The molecule has 0 N–H and O–H groups in total. The second kappa shape index (κ2) is 7.44. The molecule has 3 nitrogen and oxygen atoms in total. The molecule has 0 unspecified atom stereocenters. The minimum absolute atomic E-state index is 0.839. The van der Waals surface area contributed by atoms with Gasteiger partial charge in [-0.25, -0.2) is 4.99 Å². The van der Waals surface area contributed by atoms with E-state index in [9.17, 15) is 0 Å². The Hall–Kier alpha value is -1.35. The number of rotatable bonds is 7. The minimum Gasteiger partial charge on any atom is -0.484 e. The van der Waals surface area contributed by atoms with E-state index in [0.717, 1.165) is 31.0 Å². The molecule has 0 saturated carbocycles. The van der Waals surface area contributed by atoms with Crippen molar-refractivity contribution in [3.63, 3.8) is 0 Å². The van der Waals surface area contributed by atoms with Crippen molar-refractivity contribution in [3.8, 4) is 0 Å². The number of hydrogen-bond donors (Lipinski definition) is 0. The summed E-state index contributed by atoms with van der Waals surface area (Å²) >= 11 is 0. The Labute approximate surface area is 122 Å². The first-order valence-electron chi connectivity index (χ1n) is 7.73. The summed E-state index contributed by atoms with van der Waals surface area (Å²) in [5.74, 6) is 0.839. The van der Waals surface area contributed by atoms with Crippen LogP contribution in [-0.4, -0.2) is 37.5 Å². The molecule has 1 aromatic rings. The predicted molar refractivity (Wildman–Crippen MR) is 85.0 cm³/mol. The molecular formula is C17H26N2O. The molecule has 0 aliphatic carbocycles. The lowest BCUT2D eigenvalue weighted by Crippen LogP contribution is -2.28. The van der Waals surface area contributed by atoms with Crippen molar-refractivity contribution in [2.75, 3.05) is 26.7 Å².